The highest BCUT2D eigenvalue weighted by Gasteiger charge is 2.24. The molecule has 2 aromatic carbocycles. The number of nitrogens with one attached hydrogen (secondary N) is 1. The molecule has 27 heavy (non-hydrogen) atoms. The van der Waals surface area contributed by atoms with Crippen molar-refractivity contribution in [1.29, 1.82) is 0 Å². The van der Waals surface area contributed by atoms with E-state index in [1.54, 1.807) is 18.2 Å². The summed E-state index contributed by atoms with van der Waals surface area (Å²) in [6.07, 6.45) is 0. The van der Waals surface area contributed by atoms with Crippen molar-refractivity contribution in [3.8, 4) is 11.5 Å². The smallest absolute Gasteiger partial charge is 0.265 e. The molecule has 146 valence electrons. The minimum absolute atomic E-state index is 0.0394. The SMILES string of the molecule is COc1ccc(OC)c(S(=O)(=O)Nc2ccccc2N2CCN(C)CC2)c1. The van der Waals surface area contributed by atoms with E-state index in [1.807, 2.05) is 18.2 Å². The van der Waals surface area contributed by atoms with Crippen LogP contribution in [0.4, 0.5) is 11.4 Å². The van der Waals surface area contributed by atoms with Crippen molar-refractivity contribution >= 4 is 21.4 Å². The van der Waals surface area contributed by atoms with Gasteiger partial charge in [-0.05, 0) is 31.3 Å². The van der Waals surface area contributed by atoms with Gasteiger partial charge in [0.15, 0.2) is 0 Å². The molecular formula is C19H25N3O4S. The first-order valence-corrected chi connectivity index (χ1v) is 10.2. The van der Waals surface area contributed by atoms with Gasteiger partial charge in [0.1, 0.15) is 16.4 Å². The summed E-state index contributed by atoms with van der Waals surface area (Å²) in [4.78, 5) is 4.49. The molecule has 2 aromatic rings. The monoisotopic (exact) mass is 391 g/mol. The van der Waals surface area contributed by atoms with E-state index in [0.29, 0.717) is 11.4 Å². The van der Waals surface area contributed by atoms with Crippen molar-refractivity contribution in [2.45, 2.75) is 4.90 Å². The molecule has 1 fully saturated rings. The fourth-order valence-corrected chi connectivity index (χ4v) is 4.34. The molecule has 0 amide bonds. The highest BCUT2D eigenvalue weighted by atomic mass is 32.2. The van der Waals surface area contributed by atoms with Crippen molar-refractivity contribution in [2.24, 2.45) is 0 Å². The molecule has 0 unspecified atom stereocenters. The number of ether oxygens (including phenoxy) is 2. The third-order valence-electron chi connectivity index (χ3n) is 4.65. The van der Waals surface area contributed by atoms with E-state index in [-0.39, 0.29) is 10.6 Å². The molecule has 7 nitrogen and oxygen atoms in total. The van der Waals surface area contributed by atoms with Gasteiger partial charge >= 0.3 is 0 Å². The molecule has 1 N–H and O–H groups in total. The Morgan fingerprint density at radius 2 is 1.67 bits per heavy atom. The van der Waals surface area contributed by atoms with Crippen LogP contribution in [0.25, 0.3) is 0 Å². The molecule has 0 saturated carbocycles. The average Bonchev–Trinajstić information content (AvgIpc) is 2.68. The maximum Gasteiger partial charge on any atom is 0.265 e. The van der Waals surface area contributed by atoms with Gasteiger partial charge in [-0.15, -0.1) is 0 Å². The van der Waals surface area contributed by atoms with Gasteiger partial charge in [0, 0.05) is 32.2 Å². The van der Waals surface area contributed by atoms with Crippen molar-refractivity contribution in [2.75, 3.05) is 57.1 Å². The Balaban J connectivity index is 1.93. The van der Waals surface area contributed by atoms with Crippen LogP contribution < -0.4 is 19.1 Å². The molecule has 0 radical (unpaired) electrons. The summed E-state index contributed by atoms with van der Waals surface area (Å²) >= 11 is 0. The number of hydrogen-bond acceptors (Lipinski definition) is 6. The lowest BCUT2D eigenvalue weighted by Gasteiger charge is -2.35. The predicted octanol–water partition coefficient (Wildman–Crippen LogP) is 2.26. The molecule has 0 atom stereocenters. The van der Waals surface area contributed by atoms with Crippen LogP contribution in [-0.2, 0) is 10.0 Å². The van der Waals surface area contributed by atoms with Gasteiger partial charge in [-0.1, -0.05) is 12.1 Å². The zero-order valence-electron chi connectivity index (χ0n) is 15.8. The number of para-hydroxylation sites is 2. The number of anilines is 2. The standard InChI is InChI=1S/C19H25N3O4S/c1-21-10-12-22(13-11-21)17-7-5-4-6-16(17)20-27(23,24)19-14-15(25-2)8-9-18(19)26-3/h4-9,14,20H,10-13H2,1-3H3. The van der Waals surface area contributed by atoms with Crippen LogP contribution >= 0.6 is 0 Å². The van der Waals surface area contributed by atoms with Crippen LogP contribution in [0.3, 0.4) is 0 Å². The summed E-state index contributed by atoms with van der Waals surface area (Å²) in [5.41, 5.74) is 1.42. The molecular weight excluding hydrogens is 366 g/mol. The second-order valence-electron chi connectivity index (χ2n) is 6.43. The summed E-state index contributed by atoms with van der Waals surface area (Å²) < 4.78 is 39.2. The van der Waals surface area contributed by atoms with Crippen molar-refractivity contribution < 1.29 is 17.9 Å². The van der Waals surface area contributed by atoms with Gasteiger partial charge in [0.05, 0.1) is 25.6 Å². The molecule has 3 rings (SSSR count). The minimum atomic E-state index is -3.85. The number of nitrogens with zero attached hydrogens (tertiary/aromatic N) is 2. The maximum atomic E-state index is 13.1. The molecule has 1 aliphatic rings. The first kappa shape index (κ1) is 19.3. The molecule has 1 saturated heterocycles. The third kappa shape index (κ3) is 4.28. The van der Waals surface area contributed by atoms with Crippen molar-refractivity contribution in [1.82, 2.24) is 4.90 Å². The van der Waals surface area contributed by atoms with E-state index >= 15 is 0 Å². The fourth-order valence-electron chi connectivity index (χ4n) is 3.08. The van der Waals surface area contributed by atoms with E-state index in [0.717, 1.165) is 31.9 Å². The highest BCUT2D eigenvalue weighted by Crippen LogP contribution is 2.33. The van der Waals surface area contributed by atoms with Crippen LogP contribution in [0.2, 0.25) is 0 Å². The van der Waals surface area contributed by atoms with Crippen LogP contribution in [0.5, 0.6) is 11.5 Å². The largest absolute Gasteiger partial charge is 0.497 e. The Morgan fingerprint density at radius 1 is 0.963 bits per heavy atom. The summed E-state index contributed by atoms with van der Waals surface area (Å²) in [6.45, 7) is 3.56. The zero-order chi connectivity index (χ0) is 19.4. The first-order chi connectivity index (χ1) is 12.9. The summed E-state index contributed by atoms with van der Waals surface area (Å²) in [7, 11) is 1.17. The Labute approximate surface area is 160 Å². The van der Waals surface area contributed by atoms with E-state index in [2.05, 4.69) is 21.6 Å². The Morgan fingerprint density at radius 3 is 2.33 bits per heavy atom. The quantitative estimate of drug-likeness (QED) is 0.815. The predicted molar refractivity (Wildman–Crippen MR) is 107 cm³/mol. The normalized spacial score (nSPS) is 15.4. The number of rotatable bonds is 6. The second-order valence-corrected chi connectivity index (χ2v) is 8.08. The lowest BCUT2D eigenvalue weighted by atomic mass is 10.2. The van der Waals surface area contributed by atoms with E-state index in [1.165, 1.54) is 20.3 Å². The third-order valence-corrected chi connectivity index (χ3v) is 6.04. The summed E-state index contributed by atoms with van der Waals surface area (Å²) in [5.74, 6) is 0.712. The molecule has 1 aliphatic heterocycles. The Bertz CT molecular complexity index is 894. The molecule has 8 heteroatoms. The molecule has 0 bridgehead atoms. The van der Waals surface area contributed by atoms with Crippen LogP contribution in [0.15, 0.2) is 47.4 Å². The van der Waals surface area contributed by atoms with Gasteiger partial charge in [-0.3, -0.25) is 4.72 Å². The first-order valence-electron chi connectivity index (χ1n) is 8.72. The number of piperazine rings is 1. The summed E-state index contributed by atoms with van der Waals surface area (Å²) in [5, 5.41) is 0. The maximum absolute atomic E-state index is 13.1. The average molecular weight is 391 g/mol. The number of likely N-dealkylation sites (N-methyl/N-ethyl adjacent to an activating group) is 1. The van der Waals surface area contributed by atoms with Gasteiger partial charge in [-0.25, -0.2) is 8.42 Å². The van der Waals surface area contributed by atoms with Crippen LogP contribution in [0.1, 0.15) is 0 Å². The highest BCUT2D eigenvalue weighted by molar-refractivity contribution is 7.92. The lowest BCUT2D eigenvalue weighted by Crippen LogP contribution is -2.44. The van der Waals surface area contributed by atoms with Gasteiger partial charge in [0.2, 0.25) is 0 Å². The Kier molecular flexibility index (Phi) is 5.76. The number of hydrogen-bond donors (Lipinski definition) is 1. The second kappa shape index (κ2) is 8.06. The number of sulfonamides is 1. The Hall–Kier alpha value is -2.45. The summed E-state index contributed by atoms with van der Waals surface area (Å²) in [6, 6.07) is 12.1. The number of benzene rings is 2. The minimum Gasteiger partial charge on any atom is -0.497 e. The molecule has 0 aromatic heterocycles. The molecule has 0 spiro atoms. The van der Waals surface area contributed by atoms with Gasteiger partial charge < -0.3 is 19.3 Å². The molecule has 1 heterocycles. The lowest BCUT2D eigenvalue weighted by molar-refractivity contribution is 0.313. The van der Waals surface area contributed by atoms with Crippen LogP contribution in [-0.4, -0.2) is 60.8 Å². The van der Waals surface area contributed by atoms with Crippen molar-refractivity contribution in [3.05, 3.63) is 42.5 Å². The van der Waals surface area contributed by atoms with Crippen molar-refractivity contribution in [3.63, 3.8) is 0 Å². The molecule has 0 aliphatic carbocycles. The number of methoxy groups -OCH3 is 2. The van der Waals surface area contributed by atoms with Gasteiger partial charge in [-0.2, -0.15) is 0 Å². The van der Waals surface area contributed by atoms with Gasteiger partial charge in [0.25, 0.3) is 10.0 Å². The van der Waals surface area contributed by atoms with E-state index in [9.17, 15) is 8.42 Å². The van der Waals surface area contributed by atoms with E-state index in [4.69, 9.17) is 9.47 Å². The van der Waals surface area contributed by atoms with Crippen LogP contribution in [0, 0.1) is 0 Å². The van der Waals surface area contributed by atoms with E-state index < -0.39 is 10.0 Å². The topological polar surface area (TPSA) is 71.1 Å². The fraction of sp³-hybridized carbons (Fsp3) is 0.368. The zero-order valence-corrected chi connectivity index (χ0v) is 16.6.